The zero-order valence-corrected chi connectivity index (χ0v) is 14.2. The number of fused-ring (bicyclic) bond motifs is 2. The van der Waals surface area contributed by atoms with Crippen LogP contribution in [-0.2, 0) is 19.3 Å². The molecule has 4 rings (SSSR count). The van der Waals surface area contributed by atoms with Crippen LogP contribution in [0.2, 0.25) is 0 Å². The summed E-state index contributed by atoms with van der Waals surface area (Å²) in [5, 5.41) is 14.9. The third kappa shape index (κ3) is 2.98. The maximum absolute atomic E-state index is 9.17. The van der Waals surface area contributed by atoms with Crippen molar-refractivity contribution < 1.29 is 0 Å². The monoisotopic (exact) mass is 334 g/mol. The van der Waals surface area contributed by atoms with Crippen LogP contribution in [0.4, 0.5) is 5.69 Å². The van der Waals surface area contributed by atoms with Crippen molar-refractivity contribution in [3.8, 4) is 6.07 Å². The lowest BCUT2D eigenvalue weighted by molar-refractivity contribution is 0.680. The lowest BCUT2D eigenvalue weighted by Gasteiger charge is -2.09. The molecule has 3 aromatic rings. The number of nitrogens with zero attached hydrogens (tertiary/aromatic N) is 3. The predicted octanol–water partition coefficient (Wildman–Crippen LogP) is 4.10. The third-order valence-corrected chi connectivity index (χ3v) is 5.59. The Morgan fingerprint density at radius 3 is 2.92 bits per heavy atom. The van der Waals surface area contributed by atoms with Crippen molar-refractivity contribution in [2.75, 3.05) is 11.9 Å². The standard InChI is InChI=1S/C19H18N4S/c20-12-13-11-17(14-5-1-2-6-15(14)22-13)21-10-9-19-23-16-7-3-4-8-18(16)24-19/h1-2,5-6,11H,3-4,7-10H2,(H,21,22). The number of aromatic nitrogens is 2. The molecule has 24 heavy (non-hydrogen) atoms. The van der Waals surface area contributed by atoms with Crippen molar-refractivity contribution in [1.82, 2.24) is 9.97 Å². The lowest BCUT2D eigenvalue weighted by atomic mass is 10.0. The fourth-order valence-corrected chi connectivity index (χ4v) is 4.35. The van der Waals surface area contributed by atoms with Crippen molar-refractivity contribution in [2.24, 2.45) is 0 Å². The molecule has 0 radical (unpaired) electrons. The molecule has 0 saturated carbocycles. The maximum atomic E-state index is 9.17. The van der Waals surface area contributed by atoms with Gasteiger partial charge in [-0.05, 0) is 37.8 Å². The van der Waals surface area contributed by atoms with Crippen molar-refractivity contribution in [1.29, 1.82) is 5.26 Å². The maximum Gasteiger partial charge on any atom is 0.143 e. The van der Waals surface area contributed by atoms with E-state index in [1.165, 1.54) is 34.8 Å². The highest BCUT2D eigenvalue weighted by Gasteiger charge is 2.14. The second-order valence-corrected chi connectivity index (χ2v) is 7.21. The fourth-order valence-electron chi connectivity index (χ4n) is 3.20. The Morgan fingerprint density at radius 2 is 2.04 bits per heavy atom. The van der Waals surface area contributed by atoms with Crippen LogP contribution in [0.25, 0.3) is 10.9 Å². The largest absolute Gasteiger partial charge is 0.384 e. The van der Waals surface area contributed by atoms with E-state index in [4.69, 9.17) is 10.2 Å². The summed E-state index contributed by atoms with van der Waals surface area (Å²) in [6.45, 7) is 0.811. The molecule has 1 aliphatic rings. The summed E-state index contributed by atoms with van der Waals surface area (Å²) in [6.07, 6.45) is 5.82. The Kier molecular flexibility index (Phi) is 4.14. The van der Waals surface area contributed by atoms with E-state index in [0.29, 0.717) is 5.69 Å². The van der Waals surface area contributed by atoms with Gasteiger partial charge < -0.3 is 5.32 Å². The van der Waals surface area contributed by atoms with Crippen LogP contribution in [0.5, 0.6) is 0 Å². The van der Waals surface area contributed by atoms with Gasteiger partial charge in [0.15, 0.2) is 0 Å². The van der Waals surface area contributed by atoms with Crippen LogP contribution in [0.15, 0.2) is 30.3 Å². The van der Waals surface area contributed by atoms with Gasteiger partial charge in [0.1, 0.15) is 11.8 Å². The van der Waals surface area contributed by atoms with E-state index >= 15 is 0 Å². The Hall–Kier alpha value is -2.45. The topological polar surface area (TPSA) is 61.6 Å². The van der Waals surface area contributed by atoms with E-state index in [2.05, 4.69) is 16.4 Å². The summed E-state index contributed by atoms with van der Waals surface area (Å²) in [4.78, 5) is 10.6. The molecular formula is C19H18N4S. The molecule has 2 heterocycles. The summed E-state index contributed by atoms with van der Waals surface area (Å²) in [7, 11) is 0. The molecule has 1 aliphatic carbocycles. The first-order valence-electron chi connectivity index (χ1n) is 8.35. The predicted molar refractivity (Wildman–Crippen MR) is 97.4 cm³/mol. The molecule has 1 aromatic carbocycles. The molecule has 1 N–H and O–H groups in total. The number of thiazole rings is 1. The number of rotatable bonds is 4. The second kappa shape index (κ2) is 6.58. The number of para-hydroxylation sites is 1. The average molecular weight is 334 g/mol. The van der Waals surface area contributed by atoms with Gasteiger partial charge in [0.05, 0.1) is 16.2 Å². The van der Waals surface area contributed by atoms with Crippen molar-refractivity contribution in [3.63, 3.8) is 0 Å². The van der Waals surface area contributed by atoms with Gasteiger partial charge >= 0.3 is 0 Å². The first kappa shape index (κ1) is 15.1. The van der Waals surface area contributed by atoms with Gasteiger partial charge in [0.25, 0.3) is 0 Å². The number of aryl methyl sites for hydroxylation is 2. The van der Waals surface area contributed by atoms with Gasteiger partial charge in [0, 0.05) is 28.9 Å². The normalized spacial score (nSPS) is 13.5. The molecule has 0 fully saturated rings. The van der Waals surface area contributed by atoms with Crippen LogP contribution in [0.3, 0.4) is 0 Å². The minimum absolute atomic E-state index is 0.445. The number of hydrogen-bond donors (Lipinski definition) is 1. The SMILES string of the molecule is N#Cc1cc(NCCc2nc3c(s2)CCCC3)c2ccccc2n1. The zero-order valence-electron chi connectivity index (χ0n) is 13.4. The van der Waals surface area contributed by atoms with Gasteiger partial charge in [-0.25, -0.2) is 9.97 Å². The smallest absolute Gasteiger partial charge is 0.143 e. The summed E-state index contributed by atoms with van der Waals surface area (Å²) in [6, 6.07) is 11.9. The molecule has 0 aliphatic heterocycles. The van der Waals surface area contributed by atoms with Gasteiger partial charge in [-0.15, -0.1) is 11.3 Å². The molecule has 4 nitrogen and oxygen atoms in total. The van der Waals surface area contributed by atoms with Crippen LogP contribution >= 0.6 is 11.3 Å². The van der Waals surface area contributed by atoms with E-state index in [1.807, 2.05) is 41.7 Å². The Labute approximate surface area is 145 Å². The molecule has 2 aromatic heterocycles. The summed E-state index contributed by atoms with van der Waals surface area (Å²) in [5.74, 6) is 0. The molecule has 120 valence electrons. The summed E-state index contributed by atoms with van der Waals surface area (Å²) in [5.41, 5.74) is 3.59. The minimum Gasteiger partial charge on any atom is -0.384 e. The second-order valence-electron chi connectivity index (χ2n) is 6.05. The van der Waals surface area contributed by atoms with Crippen molar-refractivity contribution in [3.05, 3.63) is 51.6 Å². The number of nitrogens with one attached hydrogen (secondary N) is 1. The van der Waals surface area contributed by atoms with Crippen LogP contribution in [0.1, 0.15) is 34.1 Å². The summed E-state index contributed by atoms with van der Waals surface area (Å²) >= 11 is 1.87. The van der Waals surface area contributed by atoms with E-state index in [9.17, 15) is 0 Å². The fraction of sp³-hybridized carbons (Fsp3) is 0.316. The average Bonchev–Trinajstić information content (AvgIpc) is 3.04. The lowest BCUT2D eigenvalue weighted by Crippen LogP contribution is -2.06. The van der Waals surface area contributed by atoms with E-state index in [0.717, 1.165) is 36.0 Å². The highest BCUT2D eigenvalue weighted by Crippen LogP contribution is 2.27. The van der Waals surface area contributed by atoms with Gasteiger partial charge in [-0.2, -0.15) is 5.26 Å². The van der Waals surface area contributed by atoms with Crippen molar-refractivity contribution >= 4 is 27.9 Å². The van der Waals surface area contributed by atoms with Gasteiger partial charge in [-0.3, -0.25) is 0 Å². The van der Waals surface area contributed by atoms with Gasteiger partial charge in [-0.1, -0.05) is 18.2 Å². The molecule has 0 spiro atoms. The molecule has 0 amide bonds. The molecule has 5 heteroatoms. The van der Waals surface area contributed by atoms with E-state index < -0.39 is 0 Å². The van der Waals surface area contributed by atoms with Crippen LogP contribution in [0, 0.1) is 11.3 Å². The van der Waals surface area contributed by atoms with E-state index in [-0.39, 0.29) is 0 Å². The summed E-state index contributed by atoms with van der Waals surface area (Å²) < 4.78 is 0. The highest BCUT2D eigenvalue weighted by atomic mass is 32.1. The molecule has 0 unspecified atom stereocenters. The van der Waals surface area contributed by atoms with Gasteiger partial charge in [0.2, 0.25) is 0 Å². The van der Waals surface area contributed by atoms with Crippen LogP contribution < -0.4 is 5.32 Å². The quantitative estimate of drug-likeness (QED) is 0.780. The van der Waals surface area contributed by atoms with Crippen molar-refractivity contribution in [2.45, 2.75) is 32.1 Å². The molecule has 0 saturated heterocycles. The number of nitriles is 1. The Morgan fingerprint density at radius 1 is 1.17 bits per heavy atom. The number of benzene rings is 1. The Bertz CT molecular complexity index is 899. The Balaban J connectivity index is 1.50. The molecular weight excluding hydrogens is 316 g/mol. The first-order valence-corrected chi connectivity index (χ1v) is 9.16. The highest BCUT2D eigenvalue weighted by molar-refractivity contribution is 7.11. The number of hydrogen-bond acceptors (Lipinski definition) is 5. The number of pyridine rings is 1. The van der Waals surface area contributed by atoms with E-state index in [1.54, 1.807) is 0 Å². The number of anilines is 1. The third-order valence-electron chi connectivity index (χ3n) is 4.38. The first-order chi connectivity index (χ1) is 11.8. The van der Waals surface area contributed by atoms with Crippen LogP contribution in [-0.4, -0.2) is 16.5 Å². The zero-order chi connectivity index (χ0) is 16.4. The minimum atomic E-state index is 0.445. The molecule has 0 bridgehead atoms. The molecule has 0 atom stereocenters.